The third kappa shape index (κ3) is 3.68. The first-order chi connectivity index (χ1) is 13.0. The van der Waals surface area contributed by atoms with Crippen molar-refractivity contribution in [1.82, 2.24) is 10.2 Å². The molecule has 1 amide bonds. The van der Waals surface area contributed by atoms with Crippen LogP contribution in [0.3, 0.4) is 0 Å². The highest BCUT2D eigenvalue weighted by Gasteiger charge is 2.46. The van der Waals surface area contributed by atoms with E-state index in [1.807, 2.05) is 0 Å². The van der Waals surface area contributed by atoms with E-state index < -0.39 is 0 Å². The second-order valence-corrected chi connectivity index (χ2v) is 9.67. The van der Waals surface area contributed by atoms with Crippen LogP contribution in [-0.4, -0.2) is 29.9 Å². The molecule has 0 aromatic heterocycles. The lowest BCUT2D eigenvalue weighted by molar-refractivity contribution is -0.119. The van der Waals surface area contributed by atoms with E-state index >= 15 is 0 Å². The number of nitrogens with one attached hydrogen (secondary N) is 1. The fourth-order valence-electron chi connectivity index (χ4n) is 6.19. The highest BCUT2D eigenvalue weighted by Crippen LogP contribution is 2.51. The summed E-state index contributed by atoms with van der Waals surface area (Å²) in [6.45, 7) is 8.86. The van der Waals surface area contributed by atoms with Gasteiger partial charge in [0.2, 0.25) is 5.91 Å². The van der Waals surface area contributed by atoms with Crippen molar-refractivity contribution in [2.75, 3.05) is 13.1 Å². The molecular formula is C24H36N2O. The van der Waals surface area contributed by atoms with Crippen LogP contribution in [0.25, 0.3) is 0 Å². The zero-order valence-electron chi connectivity index (χ0n) is 17.3. The summed E-state index contributed by atoms with van der Waals surface area (Å²) in [5.41, 5.74) is 3.14. The van der Waals surface area contributed by atoms with Crippen molar-refractivity contribution in [3.8, 4) is 0 Å². The molecule has 1 N–H and O–H groups in total. The molecule has 1 aromatic rings. The first kappa shape index (κ1) is 19.0. The molecule has 4 rings (SSSR count). The van der Waals surface area contributed by atoms with Crippen LogP contribution >= 0.6 is 0 Å². The molecule has 2 aliphatic carbocycles. The van der Waals surface area contributed by atoms with E-state index in [1.54, 1.807) is 6.92 Å². The summed E-state index contributed by atoms with van der Waals surface area (Å²) in [5.74, 6) is 1.87. The largest absolute Gasteiger partial charge is 0.349 e. The van der Waals surface area contributed by atoms with Crippen molar-refractivity contribution in [2.24, 2.45) is 11.8 Å². The first-order valence-electron chi connectivity index (χ1n) is 11.1. The highest BCUT2D eigenvalue weighted by atomic mass is 16.1. The Morgan fingerprint density at radius 1 is 1.11 bits per heavy atom. The molecule has 0 radical (unpaired) electrons. The fraction of sp³-hybridized carbons (Fsp3) is 0.708. The van der Waals surface area contributed by atoms with Gasteiger partial charge in [0.1, 0.15) is 0 Å². The van der Waals surface area contributed by atoms with E-state index in [0.29, 0.717) is 0 Å². The van der Waals surface area contributed by atoms with Crippen molar-refractivity contribution in [1.29, 1.82) is 0 Å². The molecule has 1 saturated carbocycles. The quantitative estimate of drug-likeness (QED) is 0.830. The van der Waals surface area contributed by atoms with Crippen LogP contribution in [0.15, 0.2) is 24.3 Å². The van der Waals surface area contributed by atoms with E-state index in [2.05, 4.69) is 48.3 Å². The Hall–Kier alpha value is -1.35. The minimum atomic E-state index is 0.0891. The first-order valence-corrected chi connectivity index (χ1v) is 11.1. The summed E-state index contributed by atoms with van der Waals surface area (Å²) < 4.78 is 0. The average Bonchev–Trinajstić information content (AvgIpc) is 2.95. The lowest BCUT2D eigenvalue weighted by Gasteiger charge is -2.45. The van der Waals surface area contributed by atoms with Gasteiger partial charge in [-0.3, -0.25) is 4.79 Å². The minimum absolute atomic E-state index is 0.0891. The van der Waals surface area contributed by atoms with Gasteiger partial charge in [-0.1, -0.05) is 38.1 Å². The number of hydrogen-bond donors (Lipinski definition) is 1. The van der Waals surface area contributed by atoms with Gasteiger partial charge >= 0.3 is 0 Å². The van der Waals surface area contributed by atoms with Gasteiger partial charge in [-0.25, -0.2) is 0 Å². The van der Waals surface area contributed by atoms with Crippen molar-refractivity contribution < 1.29 is 4.79 Å². The molecule has 148 valence electrons. The normalized spacial score (nSPS) is 30.4. The second kappa shape index (κ2) is 7.58. The number of likely N-dealkylation sites (tertiary alicyclic amines) is 1. The number of piperidine rings is 1. The fourth-order valence-corrected chi connectivity index (χ4v) is 6.19. The Kier molecular flexibility index (Phi) is 5.33. The number of carbonyl (C=O) groups excluding carboxylic acids is 1. The zero-order valence-corrected chi connectivity index (χ0v) is 17.3. The van der Waals surface area contributed by atoms with E-state index in [-0.39, 0.29) is 17.4 Å². The van der Waals surface area contributed by atoms with Crippen molar-refractivity contribution >= 4 is 5.91 Å². The smallest absolute Gasteiger partial charge is 0.217 e. The third-order valence-corrected chi connectivity index (χ3v) is 7.84. The molecule has 1 aromatic carbocycles. The van der Waals surface area contributed by atoms with Crippen LogP contribution in [0.1, 0.15) is 82.9 Å². The van der Waals surface area contributed by atoms with E-state index in [1.165, 1.54) is 62.7 Å². The number of fused-ring (bicyclic) bond motifs is 2. The van der Waals surface area contributed by atoms with Gasteiger partial charge in [0.05, 0.1) is 6.04 Å². The number of hydrogen-bond acceptors (Lipinski definition) is 2. The van der Waals surface area contributed by atoms with Crippen LogP contribution in [0, 0.1) is 11.8 Å². The SMILES string of the molecule is CC(=O)N[C@H]1CC2(CCN(C3CCC(C(C)C)CC3)CC2)c2ccccc21. The molecule has 0 unspecified atom stereocenters. The van der Waals surface area contributed by atoms with Gasteiger partial charge in [-0.15, -0.1) is 0 Å². The van der Waals surface area contributed by atoms with Gasteiger partial charge in [0.25, 0.3) is 0 Å². The summed E-state index contributed by atoms with van der Waals surface area (Å²) >= 11 is 0. The van der Waals surface area contributed by atoms with Gasteiger partial charge in [-0.2, -0.15) is 0 Å². The van der Waals surface area contributed by atoms with Crippen LogP contribution in [0.4, 0.5) is 0 Å². The molecular weight excluding hydrogens is 332 g/mol. The Morgan fingerprint density at radius 2 is 1.78 bits per heavy atom. The summed E-state index contributed by atoms with van der Waals surface area (Å²) in [4.78, 5) is 14.5. The number of benzene rings is 1. The third-order valence-electron chi connectivity index (χ3n) is 7.84. The maximum atomic E-state index is 11.7. The van der Waals surface area contributed by atoms with E-state index in [9.17, 15) is 4.79 Å². The Balaban J connectivity index is 1.42. The summed E-state index contributed by atoms with van der Waals surface area (Å²) in [6.07, 6.45) is 9.17. The highest BCUT2D eigenvalue weighted by molar-refractivity contribution is 5.73. The number of carbonyl (C=O) groups is 1. The molecule has 2 fully saturated rings. The monoisotopic (exact) mass is 368 g/mol. The number of rotatable bonds is 3. The number of amides is 1. The Bertz CT molecular complexity index is 667. The number of nitrogens with zero attached hydrogens (tertiary/aromatic N) is 1. The van der Waals surface area contributed by atoms with Crippen LogP contribution in [0.2, 0.25) is 0 Å². The van der Waals surface area contributed by atoms with Crippen LogP contribution < -0.4 is 5.32 Å². The molecule has 1 heterocycles. The van der Waals surface area contributed by atoms with Gasteiger partial charge in [0.15, 0.2) is 0 Å². The van der Waals surface area contributed by atoms with Gasteiger partial charge in [-0.05, 0) is 81.0 Å². The topological polar surface area (TPSA) is 32.3 Å². The summed E-state index contributed by atoms with van der Waals surface area (Å²) in [7, 11) is 0. The zero-order chi connectivity index (χ0) is 19.0. The Morgan fingerprint density at radius 3 is 2.41 bits per heavy atom. The van der Waals surface area contributed by atoms with E-state index in [0.717, 1.165) is 24.3 Å². The molecule has 27 heavy (non-hydrogen) atoms. The lowest BCUT2D eigenvalue weighted by atomic mass is 9.72. The van der Waals surface area contributed by atoms with Gasteiger partial charge < -0.3 is 10.2 Å². The summed E-state index contributed by atoms with van der Waals surface area (Å²) in [5, 5.41) is 3.21. The van der Waals surface area contributed by atoms with Crippen LogP contribution in [-0.2, 0) is 10.2 Å². The lowest BCUT2D eigenvalue weighted by Crippen LogP contribution is -2.47. The maximum absolute atomic E-state index is 11.7. The van der Waals surface area contributed by atoms with Crippen molar-refractivity contribution in [2.45, 2.75) is 83.2 Å². The predicted octanol–water partition coefficient (Wildman–Crippen LogP) is 4.82. The second-order valence-electron chi connectivity index (χ2n) is 9.67. The molecule has 1 aliphatic heterocycles. The molecule has 1 atom stereocenters. The molecule has 0 bridgehead atoms. The van der Waals surface area contributed by atoms with Crippen molar-refractivity contribution in [3.05, 3.63) is 35.4 Å². The van der Waals surface area contributed by atoms with Crippen LogP contribution in [0.5, 0.6) is 0 Å². The molecule has 1 spiro atoms. The maximum Gasteiger partial charge on any atom is 0.217 e. The predicted molar refractivity (Wildman–Crippen MR) is 111 cm³/mol. The molecule has 3 heteroatoms. The Labute approximate surface area is 164 Å². The minimum Gasteiger partial charge on any atom is -0.349 e. The summed E-state index contributed by atoms with van der Waals surface area (Å²) in [6, 6.07) is 9.85. The van der Waals surface area contributed by atoms with Crippen molar-refractivity contribution in [3.63, 3.8) is 0 Å². The van der Waals surface area contributed by atoms with Gasteiger partial charge in [0, 0.05) is 18.4 Å². The molecule has 3 aliphatic rings. The molecule has 1 saturated heterocycles. The van der Waals surface area contributed by atoms with E-state index in [4.69, 9.17) is 0 Å². The average molecular weight is 369 g/mol. The molecule has 3 nitrogen and oxygen atoms in total. The standard InChI is InChI=1S/C24H36N2O/c1-17(2)19-8-10-20(11-9-19)26-14-12-24(13-15-26)16-23(25-18(3)27)21-6-4-5-7-22(21)24/h4-7,17,19-20,23H,8-16H2,1-3H3,(H,25,27)/t19?,20?,23-/m0/s1.